The van der Waals surface area contributed by atoms with Crippen LogP contribution < -0.4 is 0 Å². The third-order valence-electron chi connectivity index (χ3n) is 2.67. The van der Waals surface area contributed by atoms with Crippen molar-refractivity contribution in [3.8, 4) is 9.88 Å². The van der Waals surface area contributed by atoms with Crippen molar-refractivity contribution in [2.24, 2.45) is 0 Å². The Morgan fingerprint density at radius 2 is 2.31 bits per heavy atom. The smallest absolute Gasteiger partial charge is 0.171 e. The molecule has 2 aromatic rings. The van der Waals surface area contributed by atoms with Crippen LogP contribution in [0, 0.1) is 0 Å². The van der Waals surface area contributed by atoms with E-state index >= 15 is 0 Å². The van der Waals surface area contributed by atoms with Crippen LogP contribution in [-0.4, -0.2) is 10.8 Å². The number of carbonyl (C=O) groups excluding carboxylic acids is 1. The Labute approximate surface area is 102 Å². The molecule has 4 heteroatoms. The number of rotatable bonds is 3. The number of aromatic nitrogens is 1. The maximum Gasteiger partial charge on any atom is 0.171 e. The van der Waals surface area contributed by atoms with Crippen molar-refractivity contribution in [2.45, 2.75) is 25.7 Å². The summed E-state index contributed by atoms with van der Waals surface area (Å²) >= 11 is 3.22. The van der Waals surface area contributed by atoms with E-state index in [9.17, 15) is 4.79 Å². The predicted octanol–water partition coefficient (Wildman–Crippen LogP) is 3.95. The Morgan fingerprint density at radius 3 is 2.88 bits per heavy atom. The molecule has 1 aliphatic rings. The van der Waals surface area contributed by atoms with Gasteiger partial charge in [0.05, 0.1) is 15.4 Å². The first kappa shape index (κ1) is 10.2. The van der Waals surface area contributed by atoms with Gasteiger partial charge in [-0.05, 0) is 24.3 Å². The molecule has 0 unspecified atom stereocenters. The van der Waals surface area contributed by atoms with Crippen LogP contribution >= 0.6 is 22.7 Å². The van der Waals surface area contributed by atoms with E-state index < -0.39 is 0 Å². The molecule has 0 radical (unpaired) electrons. The van der Waals surface area contributed by atoms with Crippen molar-refractivity contribution >= 4 is 28.5 Å². The molecule has 3 rings (SSSR count). The lowest BCUT2D eigenvalue weighted by molar-refractivity contribution is 0.102. The summed E-state index contributed by atoms with van der Waals surface area (Å²) in [6, 6.07) is 4.08. The number of ketones is 1. The van der Waals surface area contributed by atoms with E-state index in [0.717, 1.165) is 15.6 Å². The Balaban J connectivity index is 2.08. The molecule has 0 aromatic carbocycles. The quantitative estimate of drug-likeness (QED) is 0.771. The first-order valence-corrected chi connectivity index (χ1v) is 7.01. The highest BCUT2D eigenvalue weighted by Gasteiger charge is 2.31. The molecule has 1 fully saturated rings. The summed E-state index contributed by atoms with van der Waals surface area (Å²) in [5.41, 5.74) is 1.04. The van der Waals surface area contributed by atoms with E-state index in [1.807, 2.05) is 11.4 Å². The van der Waals surface area contributed by atoms with Gasteiger partial charge in [0, 0.05) is 12.8 Å². The summed E-state index contributed by atoms with van der Waals surface area (Å²) in [5.74, 6) is 0.700. The Kier molecular flexibility index (Phi) is 2.41. The third kappa shape index (κ3) is 1.72. The molecule has 1 saturated carbocycles. The van der Waals surface area contributed by atoms with Crippen molar-refractivity contribution in [3.05, 3.63) is 28.1 Å². The molecule has 2 heterocycles. The highest BCUT2D eigenvalue weighted by molar-refractivity contribution is 7.22. The number of hydrogen-bond acceptors (Lipinski definition) is 4. The van der Waals surface area contributed by atoms with E-state index in [2.05, 4.69) is 11.1 Å². The van der Waals surface area contributed by atoms with Crippen LogP contribution in [0.3, 0.4) is 0 Å². The Bertz CT molecular complexity index is 523. The molecule has 0 aliphatic heterocycles. The summed E-state index contributed by atoms with van der Waals surface area (Å²) in [5, 5.41) is 3.04. The highest BCUT2D eigenvalue weighted by atomic mass is 32.1. The monoisotopic (exact) mass is 249 g/mol. The third-order valence-corrected chi connectivity index (χ3v) is 4.88. The van der Waals surface area contributed by atoms with Gasteiger partial charge in [0.2, 0.25) is 0 Å². The molecule has 2 aromatic heterocycles. The zero-order valence-electron chi connectivity index (χ0n) is 8.90. The minimum absolute atomic E-state index is 0.155. The summed E-state index contributed by atoms with van der Waals surface area (Å²) < 4.78 is 0. The van der Waals surface area contributed by atoms with Crippen molar-refractivity contribution in [1.82, 2.24) is 4.98 Å². The van der Waals surface area contributed by atoms with Crippen molar-refractivity contribution in [2.75, 3.05) is 0 Å². The van der Waals surface area contributed by atoms with Gasteiger partial charge in [0.1, 0.15) is 5.01 Å². The van der Waals surface area contributed by atoms with Crippen molar-refractivity contribution < 1.29 is 4.79 Å². The van der Waals surface area contributed by atoms with Gasteiger partial charge in [-0.25, -0.2) is 4.98 Å². The minimum atomic E-state index is 0.155. The fourth-order valence-electron chi connectivity index (χ4n) is 1.72. The molecule has 0 bridgehead atoms. The van der Waals surface area contributed by atoms with E-state index in [-0.39, 0.29) is 5.78 Å². The fraction of sp³-hybridized carbons (Fsp3) is 0.333. The zero-order valence-corrected chi connectivity index (χ0v) is 10.5. The van der Waals surface area contributed by atoms with E-state index in [4.69, 9.17) is 0 Å². The van der Waals surface area contributed by atoms with Gasteiger partial charge in [-0.1, -0.05) is 6.07 Å². The van der Waals surface area contributed by atoms with Crippen LogP contribution in [0.2, 0.25) is 0 Å². The second kappa shape index (κ2) is 3.79. The molecule has 16 heavy (non-hydrogen) atoms. The van der Waals surface area contributed by atoms with E-state index in [1.165, 1.54) is 17.7 Å². The number of Topliss-reactive ketones (excluding diaryl/α,β-unsaturated/α-hetero) is 1. The lowest BCUT2D eigenvalue weighted by Gasteiger charge is -1.92. The average molecular weight is 249 g/mol. The van der Waals surface area contributed by atoms with Crippen LogP contribution in [0.1, 0.15) is 41.0 Å². The van der Waals surface area contributed by atoms with E-state index in [0.29, 0.717) is 5.92 Å². The molecular weight excluding hydrogens is 238 g/mol. The Morgan fingerprint density at radius 1 is 1.50 bits per heavy atom. The molecule has 1 aliphatic carbocycles. The van der Waals surface area contributed by atoms with Gasteiger partial charge in [-0.15, -0.1) is 22.7 Å². The maximum absolute atomic E-state index is 11.6. The lowest BCUT2D eigenvalue weighted by Crippen LogP contribution is -1.93. The van der Waals surface area contributed by atoms with Crippen molar-refractivity contribution in [1.29, 1.82) is 0 Å². The largest absolute Gasteiger partial charge is 0.294 e. The van der Waals surface area contributed by atoms with Crippen LogP contribution in [0.25, 0.3) is 9.88 Å². The minimum Gasteiger partial charge on any atom is -0.294 e. The van der Waals surface area contributed by atoms with Gasteiger partial charge < -0.3 is 0 Å². The van der Waals surface area contributed by atoms with Crippen LogP contribution in [-0.2, 0) is 0 Å². The second-order valence-electron chi connectivity index (χ2n) is 4.04. The first-order valence-electron chi connectivity index (χ1n) is 5.31. The SMILES string of the molecule is CC(=O)c1sc(-c2cccs2)nc1C1CC1. The zero-order chi connectivity index (χ0) is 11.1. The number of thiophene rings is 1. The van der Waals surface area contributed by atoms with Crippen molar-refractivity contribution in [3.63, 3.8) is 0 Å². The highest BCUT2D eigenvalue weighted by Crippen LogP contribution is 2.44. The standard InChI is InChI=1S/C12H11NOS2/c1-7(14)11-10(8-4-5-8)13-12(16-11)9-3-2-6-15-9/h2-3,6,8H,4-5H2,1H3. The van der Waals surface area contributed by atoms with Crippen LogP contribution in [0.4, 0.5) is 0 Å². The predicted molar refractivity (Wildman–Crippen MR) is 67.4 cm³/mol. The summed E-state index contributed by atoms with van der Waals surface area (Å²) in [6.45, 7) is 1.64. The average Bonchev–Trinajstić information content (AvgIpc) is 2.83. The number of thiazole rings is 1. The van der Waals surface area contributed by atoms with Gasteiger partial charge in [-0.2, -0.15) is 0 Å². The van der Waals surface area contributed by atoms with Gasteiger partial charge in [-0.3, -0.25) is 4.79 Å². The summed E-state index contributed by atoms with van der Waals surface area (Å²) in [6.07, 6.45) is 2.38. The molecule has 0 spiro atoms. The number of nitrogens with zero attached hydrogens (tertiary/aromatic N) is 1. The number of carbonyl (C=O) groups is 1. The summed E-state index contributed by atoms with van der Waals surface area (Å²) in [4.78, 5) is 18.2. The fourth-order valence-corrected chi connectivity index (χ4v) is 3.57. The molecule has 0 N–H and O–H groups in total. The Hall–Kier alpha value is -1.00. The van der Waals surface area contributed by atoms with Gasteiger partial charge in [0.15, 0.2) is 5.78 Å². The van der Waals surface area contributed by atoms with Gasteiger partial charge >= 0.3 is 0 Å². The normalized spacial score (nSPS) is 15.3. The maximum atomic E-state index is 11.6. The molecule has 0 atom stereocenters. The number of hydrogen-bond donors (Lipinski definition) is 0. The van der Waals surface area contributed by atoms with Crippen LogP contribution in [0.5, 0.6) is 0 Å². The lowest BCUT2D eigenvalue weighted by atomic mass is 10.2. The molecule has 0 amide bonds. The van der Waals surface area contributed by atoms with E-state index in [1.54, 1.807) is 29.6 Å². The first-order chi connectivity index (χ1) is 7.75. The summed E-state index contributed by atoms with van der Waals surface area (Å²) in [7, 11) is 0. The molecule has 0 saturated heterocycles. The van der Waals surface area contributed by atoms with Crippen LogP contribution in [0.15, 0.2) is 17.5 Å². The topological polar surface area (TPSA) is 30.0 Å². The molecule has 2 nitrogen and oxygen atoms in total. The molecular formula is C12H11NOS2. The molecule has 82 valence electrons. The second-order valence-corrected chi connectivity index (χ2v) is 5.99. The van der Waals surface area contributed by atoms with Gasteiger partial charge in [0.25, 0.3) is 0 Å².